The van der Waals surface area contributed by atoms with Crippen LogP contribution < -0.4 is 10.6 Å². The lowest BCUT2D eigenvalue weighted by molar-refractivity contribution is -0.151. The Morgan fingerprint density at radius 2 is 1.93 bits per heavy atom. The van der Waals surface area contributed by atoms with Gasteiger partial charge in [-0.1, -0.05) is 37.3 Å². The molecule has 29 heavy (non-hydrogen) atoms. The molecular weight excluding hydrogens is 378 g/mol. The van der Waals surface area contributed by atoms with E-state index in [4.69, 9.17) is 9.15 Å². The number of amides is 4. The Morgan fingerprint density at radius 3 is 2.59 bits per heavy atom. The van der Waals surface area contributed by atoms with E-state index < -0.39 is 42.5 Å². The molecule has 0 aliphatic carbocycles. The summed E-state index contributed by atoms with van der Waals surface area (Å²) in [5.74, 6) is -1.36. The average molecular weight is 399 g/mol. The molecule has 4 amide bonds. The van der Waals surface area contributed by atoms with Gasteiger partial charge in [0.05, 0.1) is 12.8 Å². The summed E-state index contributed by atoms with van der Waals surface area (Å²) in [4.78, 5) is 49.9. The van der Waals surface area contributed by atoms with E-state index in [2.05, 4.69) is 10.6 Å². The zero-order chi connectivity index (χ0) is 20.9. The minimum Gasteiger partial charge on any atom is -0.467 e. The largest absolute Gasteiger partial charge is 0.467 e. The van der Waals surface area contributed by atoms with Crippen LogP contribution in [0.5, 0.6) is 0 Å². The van der Waals surface area contributed by atoms with Crippen LogP contribution in [0.25, 0.3) is 0 Å². The lowest BCUT2D eigenvalue weighted by Gasteiger charge is -2.25. The summed E-state index contributed by atoms with van der Waals surface area (Å²) >= 11 is 0. The highest BCUT2D eigenvalue weighted by Crippen LogP contribution is 2.32. The van der Waals surface area contributed by atoms with Crippen molar-refractivity contribution in [3.8, 4) is 0 Å². The molecule has 2 N–H and O–H groups in total. The number of carbonyl (C=O) groups excluding carboxylic acids is 4. The number of furan rings is 1. The second kappa shape index (κ2) is 8.59. The highest BCUT2D eigenvalue weighted by atomic mass is 16.5. The number of imide groups is 1. The molecule has 1 aliphatic heterocycles. The van der Waals surface area contributed by atoms with Crippen molar-refractivity contribution in [2.45, 2.75) is 25.4 Å². The minimum atomic E-state index is -1.22. The van der Waals surface area contributed by atoms with Crippen LogP contribution in [-0.4, -0.2) is 41.9 Å². The standard InChI is InChI=1S/C20H21N3O6/c1-2-20(14-7-4-3-5-8-14)18(26)23(19(27)22-20)12-17(25)29-13-16(24)21-11-15-9-6-10-28-15/h3-10H,2,11-13H2,1H3,(H,21,24)(H,22,27)/t20-/m0/s1. The monoisotopic (exact) mass is 399 g/mol. The molecule has 0 spiro atoms. The molecule has 2 aromatic rings. The Bertz CT molecular complexity index is 896. The Hall–Kier alpha value is -3.62. The van der Waals surface area contributed by atoms with Gasteiger partial charge in [0.2, 0.25) is 0 Å². The number of urea groups is 1. The number of ether oxygens (including phenoxy) is 1. The van der Waals surface area contributed by atoms with Crippen LogP contribution in [0.1, 0.15) is 24.7 Å². The van der Waals surface area contributed by atoms with Crippen molar-refractivity contribution in [1.82, 2.24) is 15.5 Å². The molecule has 2 heterocycles. The van der Waals surface area contributed by atoms with E-state index in [0.717, 1.165) is 4.90 Å². The fourth-order valence-electron chi connectivity index (χ4n) is 3.10. The van der Waals surface area contributed by atoms with Gasteiger partial charge in [-0.15, -0.1) is 0 Å². The van der Waals surface area contributed by atoms with E-state index in [-0.39, 0.29) is 6.54 Å². The van der Waals surface area contributed by atoms with E-state index in [0.29, 0.717) is 17.7 Å². The van der Waals surface area contributed by atoms with Crippen molar-refractivity contribution < 1.29 is 28.3 Å². The molecule has 0 radical (unpaired) electrons. The lowest BCUT2D eigenvalue weighted by atomic mass is 9.87. The maximum Gasteiger partial charge on any atom is 0.326 e. The molecule has 9 nitrogen and oxygen atoms in total. The molecule has 1 atom stereocenters. The van der Waals surface area contributed by atoms with Crippen molar-refractivity contribution in [1.29, 1.82) is 0 Å². The Balaban J connectivity index is 1.55. The third-order valence-electron chi connectivity index (χ3n) is 4.66. The number of nitrogens with one attached hydrogen (secondary N) is 2. The van der Waals surface area contributed by atoms with Crippen LogP contribution in [0, 0.1) is 0 Å². The summed E-state index contributed by atoms with van der Waals surface area (Å²) in [5, 5.41) is 5.20. The number of carbonyl (C=O) groups is 4. The number of nitrogens with zero attached hydrogens (tertiary/aromatic N) is 1. The van der Waals surface area contributed by atoms with Crippen molar-refractivity contribution in [2.24, 2.45) is 0 Å². The molecule has 3 rings (SSSR count). The van der Waals surface area contributed by atoms with Gasteiger partial charge in [0.25, 0.3) is 11.8 Å². The number of benzene rings is 1. The van der Waals surface area contributed by atoms with Gasteiger partial charge in [-0.05, 0) is 24.1 Å². The van der Waals surface area contributed by atoms with Gasteiger partial charge in [0.1, 0.15) is 17.8 Å². The van der Waals surface area contributed by atoms with Gasteiger partial charge in [-0.2, -0.15) is 0 Å². The minimum absolute atomic E-state index is 0.159. The van der Waals surface area contributed by atoms with Crippen LogP contribution >= 0.6 is 0 Å². The summed E-state index contributed by atoms with van der Waals surface area (Å²) in [6.45, 7) is 0.828. The van der Waals surface area contributed by atoms with Crippen molar-refractivity contribution in [3.05, 3.63) is 60.1 Å². The van der Waals surface area contributed by atoms with Crippen molar-refractivity contribution in [2.75, 3.05) is 13.2 Å². The summed E-state index contributed by atoms with van der Waals surface area (Å²) < 4.78 is 9.96. The zero-order valence-electron chi connectivity index (χ0n) is 15.8. The molecule has 1 aliphatic rings. The van der Waals surface area contributed by atoms with Gasteiger partial charge < -0.3 is 19.8 Å². The molecule has 1 aromatic carbocycles. The molecule has 0 unspecified atom stereocenters. The van der Waals surface area contributed by atoms with Crippen LogP contribution in [0.2, 0.25) is 0 Å². The molecular formula is C20H21N3O6. The zero-order valence-corrected chi connectivity index (χ0v) is 15.8. The third kappa shape index (κ3) is 4.29. The second-order valence-corrected chi connectivity index (χ2v) is 6.46. The van der Waals surface area contributed by atoms with Crippen molar-refractivity contribution >= 4 is 23.8 Å². The average Bonchev–Trinajstić information content (AvgIpc) is 3.34. The molecule has 1 fully saturated rings. The van der Waals surface area contributed by atoms with Gasteiger partial charge in [0.15, 0.2) is 6.61 Å². The lowest BCUT2D eigenvalue weighted by Crippen LogP contribution is -2.44. The molecule has 0 bridgehead atoms. The van der Waals surface area contributed by atoms with Gasteiger partial charge >= 0.3 is 12.0 Å². The Labute approximate surface area is 167 Å². The van der Waals surface area contributed by atoms with E-state index in [1.165, 1.54) is 6.26 Å². The third-order valence-corrected chi connectivity index (χ3v) is 4.66. The first-order chi connectivity index (χ1) is 14.0. The van der Waals surface area contributed by atoms with Gasteiger partial charge in [-0.25, -0.2) is 4.79 Å². The topological polar surface area (TPSA) is 118 Å². The highest BCUT2D eigenvalue weighted by Gasteiger charge is 2.51. The van der Waals surface area contributed by atoms with E-state index in [1.807, 2.05) is 0 Å². The number of esters is 1. The SMILES string of the molecule is CC[C@@]1(c2ccccc2)NC(=O)N(CC(=O)OCC(=O)NCc2ccco2)C1=O. The van der Waals surface area contributed by atoms with Gasteiger partial charge in [0, 0.05) is 0 Å². The molecule has 0 saturated carbocycles. The fraction of sp³-hybridized carbons (Fsp3) is 0.300. The predicted octanol–water partition coefficient (Wildman–Crippen LogP) is 1.30. The number of hydrogen-bond donors (Lipinski definition) is 2. The molecule has 1 aromatic heterocycles. The second-order valence-electron chi connectivity index (χ2n) is 6.46. The normalized spacial score (nSPS) is 18.4. The molecule has 152 valence electrons. The summed E-state index contributed by atoms with van der Waals surface area (Å²) in [6, 6.07) is 11.5. The highest BCUT2D eigenvalue weighted by molar-refractivity contribution is 6.09. The van der Waals surface area contributed by atoms with Crippen molar-refractivity contribution in [3.63, 3.8) is 0 Å². The van der Waals surface area contributed by atoms with Crippen LogP contribution in [0.4, 0.5) is 4.79 Å². The quantitative estimate of drug-likeness (QED) is 0.510. The summed E-state index contributed by atoms with van der Waals surface area (Å²) in [5.41, 5.74) is -0.590. The first-order valence-corrected chi connectivity index (χ1v) is 9.10. The first kappa shape index (κ1) is 20.1. The summed E-state index contributed by atoms with van der Waals surface area (Å²) in [7, 11) is 0. The fourth-order valence-corrected chi connectivity index (χ4v) is 3.10. The summed E-state index contributed by atoms with van der Waals surface area (Å²) in [6.07, 6.45) is 1.80. The first-order valence-electron chi connectivity index (χ1n) is 9.10. The maximum absolute atomic E-state index is 12.9. The predicted molar refractivity (Wildman–Crippen MR) is 100 cm³/mol. The molecule has 1 saturated heterocycles. The van der Waals surface area contributed by atoms with Crippen LogP contribution in [0.15, 0.2) is 53.1 Å². The van der Waals surface area contributed by atoms with E-state index in [9.17, 15) is 19.2 Å². The maximum atomic E-state index is 12.9. The van der Waals surface area contributed by atoms with E-state index >= 15 is 0 Å². The number of hydrogen-bond acceptors (Lipinski definition) is 6. The van der Waals surface area contributed by atoms with Crippen LogP contribution in [0.3, 0.4) is 0 Å². The number of rotatable bonds is 8. The van der Waals surface area contributed by atoms with Gasteiger partial charge in [-0.3, -0.25) is 19.3 Å². The smallest absolute Gasteiger partial charge is 0.326 e. The Kier molecular flexibility index (Phi) is 5.96. The van der Waals surface area contributed by atoms with E-state index in [1.54, 1.807) is 49.4 Å². The Morgan fingerprint density at radius 1 is 1.17 bits per heavy atom. The van der Waals surface area contributed by atoms with Crippen LogP contribution in [-0.2, 0) is 31.2 Å². The molecule has 9 heteroatoms.